The largest absolute Gasteiger partial charge is 0.377 e. The van der Waals surface area contributed by atoms with Crippen LogP contribution >= 0.6 is 11.6 Å². The topological polar surface area (TPSA) is 66.0 Å². The molecule has 1 heterocycles. The van der Waals surface area contributed by atoms with E-state index >= 15 is 0 Å². The number of amides is 2. The van der Waals surface area contributed by atoms with Gasteiger partial charge in [-0.2, -0.15) is 0 Å². The van der Waals surface area contributed by atoms with E-state index in [2.05, 4.69) is 40.0 Å². The molecule has 0 saturated heterocycles. The van der Waals surface area contributed by atoms with E-state index in [1.807, 2.05) is 24.3 Å². The second-order valence-electron chi connectivity index (χ2n) is 5.79. The van der Waals surface area contributed by atoms with Gasteiger partial charge in [0.1, 0.15) is 0 Å². The number of carbonyl (C=O) groups is 1. The number of hydrogen-bond acceptors (Lipinski definition) is 3. The quantitative estimate of drug-likeness (QED) is 0.554. The molecule has 6 heteroatoms. The number of halogens is 1. The molecule has 3 rings (SSSR count). The van der Waals surface area contributed by atoms with Gasteiger partial charge in [-0.25, -0.2) is 4.79 Å². The van der Waals surface area contributed by atoms with E-state index in [0.29, 0.717) is 16.4 Å². The van der Waals surface area contributed by atoms with Gasteiger partial charge in [0.05, 0.1) is 10.7 Å². The van der Waals surface area contributed by atoms with Crippen LogP contribution < -0.4 is 16.0 Å². The molecule has 26 heavy (non-hydrogen) atoms. The fraction of sp³-hybridized carbons (Fsp3) is 0.100. The Morgan fingerprint density at radius 3 is 2.35 bits per heavy atom. The smallest absolute Gasteiger partial charge is 0.323 e. The van der Waals surface area contributed by atoms with Crippen molar-refractivity contribution in [2.75, 3.05) is 16.0 Å². The predicted octanol–water partition coefficient (Wildman–Crippen LogP) is 5.55. The minimum atomic E-state index is -0.342. The summed E-state index contributed by atoms with van der Waals surface area (Å²) in [6.07, 6.45) is 3.22. The molecule has 0 aliphatic carbocycles. The van der Waals surface area contributed by atoms with Crippen molar-refractivity contribution in [1.29, 1.82) is 0 Å². The third kappa shape index (κ3) is 4.74. The van der Waals surface area contributed by atoms with Crippen molar-refractivity contribution in [1.82, 2.24) is 4.98 Å². The first kappa shape index (κ1) is 17.8. The first-order valence-corrected chi connectivity index (χ1v) is 8.58. The maximum atomic E-state index is 12.0. The number of carbonyl (C=O) groups excluding carboxylic acids is 1. The van der Waals surface area contributed by atoms with E-state index in [9.17, 15) is 4.79 Å². The van der Waals surface area contributed by atoms with Gasteiger partial charge in [0.2, 0.25) is 0 Å². The number of rotatable bonds is 5. The summed E-state index contributed by atoms with van der Waals surface area (Å²) >= 11 is 6.36. The summed E-state index contributed by atoms with van der Waals surface area (Å²) < 4.78 is 0. The average molecular weight is 367 g/mol. The van der Waals surface area contributed by atoms with E-state index in [-0.39, 0.29) is 12.1 Å². The van der Waals surface area contributed by atoms with E-state index < -0.39 is 0 Å². The molecule has 3 N–H and O–H groups in total. The Labute approximate surface area is 157 Å². The minimum Gasteiger partial charge on any atom is -0.377 e. The Kier molecular flexibility index (Phi) is 5.71. The molecule has 2 amide bonds. The summed E-state index contributed by atoms with van der Waals surface area (Å²) in [5.41, 5.74) is 3.25. The summed E-state index contributed by atoms with van der Waals surface area (Å²) in [6.45, 7) is 2.07. The van der Waals surface area contributed by atoms with Gasteiger partial charge >= 0.3 is 6.03 Å². The molecule has 0 saturated carbocycles. The van der Waals surface area contributed by atoms with Crippen molar-refractivity contribution < 1.29 is 4.79 Å². The van der Waals surface area contributed by atoms with Crippen LogP contribution in [0.25, 0.3) is 0 Å². The van der Waals surface area contributed by atoms with E-state index in [0.717, 1.165) is 5.69 Å². The molecule has 0 fully saturated rings. The summed E-state index contributed by atoms with van der Waals surface area (Å²) in [6, 6.07) is 18.7. The number of hydrogen-bond donors (Lipinski definition) is 3. The zero-order valence-electron chi connectivity index (χ0n) is 14.2. The minimum absolute atomic E-state index is 0.113. The molecule has 1 atom stereocenters. The fourth-order valence-corrected chi connectivity index (χ4v) is 2.73. The fourth-order valence-electron chi connectivity index (χ4n) is 2.50. The van der Waals surface area contributed by atoms with Crippen molar-refractivity contribution in [2.24, 2.45) is 0 Å². The van der Waals surface area contributed by atoms with Gasteiger partial charge in [-0.15, -0.1) is 0 Å². The van der Waals surface area contributed by atoms with Crippen molar-refractivity contribution in [3.8, 4) is 0 Å². The maximum absolute atomic E-state index is 12.0. The van der Waals surface area contributed by atoms with Gasteiger partial charge < -0.3 is 16.0 Å². The molecule has 5 nitrogen and oxygen atoms in total. The molecule has 3 aromatic rings. The van der Waals surface area contributed by atoms with E-state index in [1.165, 1.54) is 5.56 Å². The second-order valence-corrected chi connectivity index (χ2v) is 6.19. The number of aromatic nitrogens is 1. The van der Waals surface area contributed by atoms with E-state index in [1.54, 1.807) is 36.7 Å². The molecular formula is C20H19ClN4O. The van der Waals surface area contributed by atoms with E-state index in [4.69, 9.17) is 11.6 Å². The van der Waals surface area contributed by atoms with Gasteiger partial charge in [-0.3, -0.25) is 4.98 Å². The Morgan fingerprint density at radius 2 is 1.65 bits per heavy atom. The highest BCUT2D eigenvalue weighted by Crippen LogP contribution is 2.29. The number of pyridine rings is 1. The second kappa shape index (κ2) is 8.36. The van der Waals surface area contributed by atoms with Crippen LogP contribution in [-0.2, 0) is 0 Å². The monoisotopic (exact) mass is 366 g/mol. The Bertz CT molecular complexity index is 871. The zero-order chi connectivity index (χ0) is 18.4. The van der Waals surface area contributed by atoms with Crippen molar-refractivity contribution in [2.45, 2.75) is 13.0 Å². The number of nitrogens with one attached hydrogen (secondary N) is 3. The molecular weight excluding hydrogens is 348 g/mol. The Balaban J connectivity index is 1.63. The van der Waals surface area contributed by atoms with Gasteiger partial charge in [0.15, 0.2) is 0 Å². The third-order valence-corrected chi connectivity index (χ3v) is 4.15. The average Bonchev–Trinajstić information content (AvgIpc) is 2.65. The van der Waals surface area contributed by atoms with Gasteiger partial charge in [0, 0.05) is 29.8 Å². The van der Waals surface area contributed by atoms with Crippen molar-refractivity contribution >= 4 is 34.7 Å². The highest BCUT2D eigenvalue weighted by molar-refractivity contribution is 6.33. The molecule has 132 valence electrons. The van der Waals surface area contributed by atoms with Gasteiger partial charge in [0.25, 0.3) is 0 Å². The summed E-state index contributed by atoms with van der Waals surface area (Å²) in [7, 11) is 0. The van der Waals surface area contributed by atoms with Crippen LogP contribution in [0.5, 0.6) is 0 Å². The molecule has 0 spiro atoms. The number of nitrogens with zero attached hydrogens (tertiary/aromatic N) is 1. The highest BCUT2D eigenvalue weighted by atomic mass is 35.5. The van der Waals surface area contributed by atoms with Gasteiger partial charge in [-0.05, 0) is 42.8 Å². The normalized spacial score (nSPS) is 11.5. The van der Waals surface area contributed by atoms with Crippen LogP contribution in [0.1, 0.15) is 18.5 Å². The molecule has 1 aromatic heterocycles. The number of urea groups is 1. The lowest BCUT2D eigenvalue weighted by Gasteiger charge is -2.17. The lowest BCUT2D eigenvalue weighted by molar-refractivity contribution is 0.262. The van der Waals surface area contributed by atoms with Crippen molar-refractivity contribution in [3.05, 3.63) is 83.6 Å². The SMILES string of the molecule is C[C@H](Nc1ccc(NC(=O)Nc2ccncc2)cc1Cl)c1ccccc1. The standard InChI is InChI=1S/C20H19ClN4O/c1-14(15-5-3-2-4-6-15)23-19-8-7-17(13-18(19)21)25-20(26)24-16-9-11-22-12-10-16/h2-14,23H,1H3,(H2,22,24,25,26)/t14-/m0/s1. The number of benzene rings is 2. The predicted molar refractivity (Wildman–Crippen MR) is 107 cm³/mol. The first-order chi connectivity index (χ1) is 12.6. The molecule has 0 radical (unpaired) electrons. The zero-order valence-corrected chi connectivity index (χ0v) is 15.0. The number of anilines is 3. The Morgan fingerprint density at radius 1 is 0.962 bits per heavy atom. The molecule has 0 aliphatic rings. The highest BCUT2D eigenvalue weighted by Gasteiger charge is 2.09. The van der Waals surface area contributed by atoms with Crippen LogP contribution in [0.3, 0.4) is 0 Å². The summed E-state index contributed by atoms with van der Waals surface area (Å²) in [4.78, 5) is 15.9. The third-order valence-electron chi connectivity index (χ3n) is 3.84. The molecule has 0 aliphatic heterocycles. The van der Waals surface area contributed by atoms with Crippen LogP contribution in [-0.4, -0.2) is 11.0 Å². The van der Waals surface area contributed by atoms with Crippen LogP contribution in [0.2, 0.25) is 5.02 Å². The van der Waals surface area contributed by atoms with Crippen LogP contribution in [0.15, 0.2) is 73.1 Å². The Hall–Kier alpha value is -3.05. The lowest BCUT2D eigenvalue weighted by Crippen LogP contribution is -2.19. The molecule has 2 aromatic carbocycles. The van der Waals surface area contributed by atoms with Crippen molar-refractivity contribution in [3.63, 3.8) is 0 Å². The molecule has 0 unspecified atom stereocenters. The van der Waals surface area contributed by atoms with Crippen LogP contribution in [0.4, 0.5) is 21.9 Å². The summed E-state index contributed by atoms with van der Waals surface area (Å²) in [5, 5.41) is 9.41. The van der Waals surface area contributed by atoms with Gasteiger partial charge in [-0.1, -0.05) is 41.9 Å². The first-order valence-electron chi connectivity index (χ1n) is 8.21. The summed E-state index contributed by atoms with van der Waals surface area (Å²) in [5.74, 6) is 0. The maximum Gasteiger partial charge on any atom is 0.323 e. The lowest BCUT2D eigenvalue weighted by atomic mass is 10.1. The molecule has 0 bridgehead atoms. The van der Waals surface area contributed by atoms with Crippen LogP contribution in [0, 0.1) is 0 Å².